The zero-order valence-electron chi connectivity index (χ0n) is 19.8. The predicted molar refractivity (Wildman–Crippen MR) is 123 cm³/mol. The molecule has 0 atom stereocenters. The van der Waals surface area contributed by atoms with Crippen molar-refractivity contribution in [2.24, 2.45) is 0 Å². The average molecular weight is 467 g/mol. The fourth-order valence-electron chi connectivity index (χ4n) is 3.39. The van der Waals surface area contributed by atoms with Crippen molar-refractivity contribution in [3.05, 3.63) is 24.0 Å². The number of nitrogens with zero attached hydrogens (tertiary/aromatic N) is 4. The lowest BCUT2D eigenvalue weighted by Gasteiger charge is -2.21. The van der Waals surface area contributed by atoms with Crippen molar-refractivity contribution in [1.82, 2.24) is 18.8 Å². The largest absolute Gasteiger partial charge is 0.456 e. The molecule has 1 aromatic heterocycles. The molecular weight excluding hydrogens is 432 g/mol. The fourth-order valence-corrected chi connectivity index (χ4v) is 4.87. The van der Waals surface area contributed by atoms with Crippen molar-refractivity contribution in [2.45, 2.75) is 64.9 Å². The van der Waals surface area contributed by atoms with Gasteiger partial charge >= 0.3 is 5.97 Å². The van der Waals surface area contributed by atoms with Crippen molar-refractivity contribution in [3.8, 4) is 0 Å². The van der Waals surface area contributed by atoms with Crippen molar-refractivity contribution < 1.29 is 22.7 Å². The van der Waals surface area contributed by atoms with Crippen molar-refractivity contribution >= 4 is 32.9 Å². The number of sulfonamides is 1. The fraction of sp³-hybridized carbons (Fsp3) is 0.591. The average Bonchev–Trinajstić information content (AvgIpc) is 3.12. The summed E-state index contributed by atoms with van der Waals surface area (Å²) < 4.78 is 34.1. The van der Waals surface area contributed by atoms with Gasteiger partial charge in [0.1, 0.15) is 5.82 Å². The van der Waals surface area contributed by atoms with Gasteiger partial charge in [-0.2, -0.15) is 4.31 Å². The summed E-state index contributed by atoms with van der Waals surface area (Å²) in [7, 11) is -1.92. The highest BCUT2D eigenvalue weighted by atomic mass is 32.2. The Kier molecular flexibility index (Phi) is 8.80. The molecule has 1 aromatic carbocycles. The summed E-state index contributed by atoms with van der Waals surface area (Å²) in [5.74, 6) is -0.0615. The Morgan fingerprint density at radius 3 is 2.38 bits per heavy atom. The third kappa shape index (κ3) is 5.66. The third-order valence-corrected chi connectivity index (χ3v) is 7.58. The molecule has 10 heteroatoms. The van der Waals surface area contributed by atoms with Crippen LogP contribution < -0.4 is 0 Å². The lowest BCUT2D eigenvalue weighted by Crippen LogP contribution is -2.36. The van der Waals surface area contributed by atoms with Gasteiger partial charge < -0.3 is 14.2 Å². The molecule has 0 bridgehead atoms. The van der Waals surface area contributed by atoms with Crippen LogP contribution in [0.25, 0.3) is 11.0 Å². The highest BCUT2D eigenvalue weighted by Crippen LogP contribution is 2.23. The number of aryl methyl sites for hydroxylation is 2. The van der Waals surface area contributed by atoms with Crippen LogP contribution >= 0.6 is 0 Å². The van der Waals surface area contributed by atoms with E-state index in [-0.39, 0.29) is 29.9 Å². The maximum atomic E-state index is 12.8. The van der Waals surface area contributed by atoms with Gasteiger partial charge in [0.05, 0.1) is 22.3 Å². The van der Waals surface area contributed by atoms with E-state index in [1.807, 2.05) is 25.3 Å². The summed E-state index contributed by atoms with van der Waals surface area (Å²) in [6.45, 7) is 10.5. The molecule has 0 N–H and O–H groups in total. The van der Waals surface area contributed by atoms with Gasteiger partial charge in [0, 0.05) is 39.1 Å². The molecule has 0 saturated carbocycles. The minimum atomic E-state index is -3.58. The van der Waals surface area contributed by atoms with Gasteiger partial charge in [-0.05, 0) is 39.0 Å². The number of imidazole rings is 1. The molecule has 0 saturated heterocycles. The Hall–Kier alpha value is -2.46. The SMILES string of the molecule is CCN(CC)S(=O)(=O)c1ccc2c(c1)nc(CCC(=O)OCC(=O)N(C)C(C)C)n2CC. The van der Waals surface area contributed by atoms with Crippen LogP contribution in [0.15, 0.2) is 23.1 Å². The molecule has 9 nitrogen and oxygen atoms in total. The second-order valence-corrected chi connectivity index (χ2v) is 9.71. The summed E-state index contributed by atoms with van der Waals surface area (Å²) >= 11 is 0. The first-order valence-corrected chi connectivity index (χ1v) is 12.4. The smallest absolute Gasteiger partial charge is 0.306 e. The number of hydrogen-bond donors (Lipinski definition) is 0. The van der Waals surface area contributed by atoms with Crippen LogP contribution in [-0.4, -0.2) is 71.8 Å². The highest BCUT2D eigenvalue weighted by molar-refractivity contribution is 7.89. The molecule has 0 aliphatic carbocycles. The number of carbonyl (C=O) groups is 2. The molecule has 0 spiro atoms. The quantitative estimate of drug-likeness (QED) is 0.472. The zero-order chi connectivity index (χ0) is 24.1. The van der Waals surface area contributed by atoms with E-state index in [1.54, 1.807) is 39.1 Å². The number of likely N-dealkylation sites (N-methyl/N-ethyl adjacent to an activating group) is 1. The summed E-state index contributed by atoms with van der Waals surface area (Å²) in [4.78, 5) is 30.4. The minimum Gasteiger partial charge on any atom is -0.456 e. The van der Waals surface area contributed by atoms with Gasteiger partial charge in [-0.3, -0.25) is 9.59 Å². The van der Waals surface area contributed by atoms with E-state index in [4.69, 9.17) is 4.74 Å². The minimum absolute atomic E-state index is 0.0288. The van der Waals surface area contributed by atoms with E-state index in [1.165, 1.54) is 9.21 Å². The molecule has 1 amide bonds. The molecule has 32 heavy (non-hydrogen) atoms. The number of hydrogen-bond acceptors (Lipinski definition) is 6. The molecular formula is C22H34N4O5S. The Morgan fingerprint density at radius 2 is 1.81 bits per heavy atom. The van der Waals surface area contributed by atoms with Gasteiger partial charge in [-0.1, -0.05) is 13.8 Å². The lowest BCUT2D eigenvalue weighted by molar-refractivity contribution is -0.152. The van der Waals surface area contributed by atoms with E-state index < -0.39 is 16.0 Å². The Labute approximate surface area is 190 Å². The number of benzene rings is 1. The molecule has 0 aliphatic rings. The van der Waals surface area contributed by atoms with Crippen LogP contribution in [0.2, 0.25) is 0 Å². The van der Waals surface area contributed by atoms with Gasteiger partial charge in [0.2, 0.25) is 10.0 Å². The summed E-state index contributed by atoms with van der Waals surface area (Å²) in [5, 5.41) is 0. The molecule has 0 radical (unpaired) electrons. The van der Waals surface area contributed by atoms with Crippen molar-refractivity contribution in [3.63, 3.8) is 0 Å². The van der Waals surface area contributed by atoms with Crippen LogP contribution in [0, 0.1) is 0 Å². The van der Waals surface area contributed by atoms with E-state index in [9.17, 15) is 18.0 Å². The van der Waals surface area contributed by atoms with Gasteiger partial charge in [-0.15, -0.1) is 0 Å². The van der Waals surface area contributed by atoms with E-state index in [2.05, 4.69) is 4.98 Å². The second-order valence-electron chi connectivity index (χ2n) is 7.77. The maximum absolute atomic E-state index is 12.8. The number of amides is 1. The van der Waals surface area contributed by atoms with Gasteiger partial charge in [-0.25, -0.2) is 13.4 Å². The Bertz CT molecular complexity index is 1060. The van der Waals surface area contributed by atoms with E-state index >= 15 is 0 Å². The standard InChI is InChI=1S/C22H34N4O5S/c1-7-25(8-2)32(29,30)17-10-11-19-18(14-17)23-20(26(19)9-3)12-13-22(28)31-15-21(27)24(6)16(4)5/h10-11,14,16H,7-9,12-13,15H2,1-6H3. The monoisotopic (exact) mass is 466 g/mol. The van der Waals surface area contributed by atoms with Crippen LogP contribution in [0.1, 0.15) is 46.9 Å². The molecule has 2 aromatic rings. The Morgan fingerprint density at radius 1 is 1.16 bits per heavy atom. The van der Waals surface area contributed by atoms with Crippen molar-refractivity contribution in [2.75, 3.05) is 26.7 Å². The van der Waals surface area contributed by atoms with Crippen LogP contribution in [0.4, 0.5) is 0 Å². The molecule has 2 rings (SSSR count). The summed E-state index contributed by atoms with van der Waals surface area (Å²) in [6, 6.07) is 4.96. The first kappa shape index (κ1) is 25.8. The molecule has 1 heterocycles. The first-order chi connectivity index (χ1) is 15.1. The summed E-state index contributed by atoms with van der Waals surface area (Å²) in [5.41, 5.74) is 1.38. The van der Waals surface area contributed by atoms with Crippen molar-refractivity contribution in [1.29, 1.82) is 0 Å². The number of fused-ring (bicyclic) bond motifs is 1. The first-order valence-electron chi connectivity index (χ1n) is 11.0. The second kappa shape index (κ2) is 10.9. The van der Waals surface area contributed by atoms with Gasteiger partial charge in [0.25, 0.3) is 5.91 Å². The number of aromatic nitrogens is 2. The summed E-state index contributed by atoms with van der Waals surface area (Å²) in [6.07, 6.45) is 0.403. The molecule has 0 fully saturated rings. The highest BCUT2D eigenvalue weighted by Gasteiger charge is 2.23. The molecule has 0 aliphatic heterocycles. The maximum Gasteiger partial charge on any atom is 0.306 e. The topological polar surface area (TPSA) is 102 Å². The number of ether oxygens (including phenoxy) is 1. The third-order valence-electron chi connectivity index (χ3n) is 5.54. The lowest BCUT2D eigenvalue weighted by atomic mass is 10.3. The van der Waals surface area contributed by atoms with E-state index in [0.717, 1.165) is 5.52 Å². The van der Waals surface area contributed by atoms with Crippen LogP contribution in [0.3, 0.4) is 0 Å². The Balaban J connectivity index is 2.16. The zero-order valence-corrected chi connectivity index (χ0v) is 20.6. The number of esters is 1. The molecule has 0 unspecified atom stereocenters. The van der Waals surface area contributed by atoms with Gasteiger partial charge in [0.15, 0.2) is 6.61 Å². The van der Waals surface area contributed by atoms with Crippen LogP contribution in [0.5, 0.6) is 0 Å². The molecule has 178 valence electrons. The number of carbonyl (C=O) groups excluding carboxylic acids is 2. The van der Waals surface area contributed by atoms with E-state index in [0.29, 0.717) is 37.4 Å². The number of rotatable bonds is 11. The van der Waals surface area contributed by atoms with Crippen LogP contribution in [-0.2, 0) is 37.3 Å². The normalized spacial score (nSPS) is 12.0. The predicted octanol–water partition coefficient (Wildman–Crippen LogP) is 2.43.